The molecule has 2 heterocycles. The van der Waals surface area contributed by atoms with Crippen molar-refractivity contribution in [3.05, 3.63) is 22.6 Å². The summed E-state index contributed by atoms with van der Waals surface area (Å²) in [6.07, 6.45) is 3.24. The molecule has 2 rings (SSSR count). The molecule has 1 aromatic rings. The molecule has 0 amide bonds. The van der Waals surface area contributed by atoms with E-state index in [2.05, 4.69) is 10.00 Å². The van der Waals surface area contributed by atoms with E-state index in [0.29, 0.717) is 13.0 Å². The topological polar surface area (TPSA) is 84.7 Å². The third-order valence-corrected chi connectivity index (χ3v) is 3.46. The van der Waals surface area contributed by atoms with Crippen LogP contribution in [0.2, 0.25) is 0 Å². The Kier molecular flexibility index (Phi) is 4.73. The van der Waals surface area contributed by atoms with Crippen LogP contribution in [0.15, 0.2) is 17.1 Å². The summed E-state index contributed by atoms with van der Waals surface area (Å²) in [6, 6.07) is 1.55. The lowest BCUT2D eigenvalue weighted by atomic mass is 10.3. The normalized spacial score (nSPS) is 18.4. The van der Waals surface area contributed by atoms with Crippen LogP contribution in [-0.2, 0) is 16.1 Å². The number of hydrogen-bond donors (Lipinski definition) is 1. The van der Waals surface area contributed by atoms with Crippen LogP contribution >= 0.6 is 0 Å². The van der Waals surface area contributed by atoms with Gasteiger partial charge in [-0.2, -0.15) is 5.10 Å². The predicted molar refractivity (Wildman–Crippen MR) is 73.0 cm³/mol. The maximum Gasteiger partial charge on any atom is 0.303 e. The van der Waals surface area contributed by atoms with Crippen LogP contribution in [0, 0.1) is 0 Å². The highest BCUT2D eigenvalue weighted by atomic mass is 16.5. The minimum atomic E-state index is -0.864. The van der Waals surface area contributed by atoms with E-state index in [1.54, 1.807) is 19.4 Å². The lowest BCUT2D eigenvalue weighted by Crippen LogP contribution is -2.27. The Bertz CT molecular complexity index is 529. The summed E-state index contributed by atoms with van der Waals surface area (Å²) >= 11 is 0. The van der Waals surface area contributed by atoms with Crippen LogP contribution in [0.4, 0.5) is 5.69 Å². The highest BCUT2D eigenvalue weighted by Crippen LogP contribution is 2.19. The van der Waals surface area contributed by atoms with E-state index < -0.39 is 5.97 Å². The lowest BCUT2D eigenvalue weighted by molar-refractivity contribution is -0.137. The number of ether oxygens (including phenoxy) is 1. The van der Waals surface area contributed by atoms with Crippen LogP contribution in [0.25, 0.3) is 0 Å². The fourth-order valence-electron chi connectivity index (χ4n) is 2.30. The molecule has 1 N–H and O–H groups in total. The summed E-state index contributed by atoms with van der Waals surface area (Å²) in [5.74, 6) is -0.864. The maximum atomic E-state index is 11.9. The van der Waals surface area contributed by atoms with Gasteiger partial charge in [0.05, 0.1) is 18.0 Å². The summed E-state index contributed by atoms with van der Waals surface area (Å²) in [6.45, 7) is 1.94. The Labute approximate surface area is 116 Å². The average molecular weight is 281 g/mol. The Balaban J connectivity index is 1.99. The SMILES string of the molecule is COC1CCN(c2cnn(CCCC(=O)O)c(=O)c2)C1. The van der Waals surface area contributed by atoms with Crippen molar-refractivity contribution in [2.45, 2.75) is 31.9 Å². The lowest BCUT2D eigenvalue weighted by Gasteiger charge is -2.18. The number of carboxylic acids is 1. The van der Waals surface area contributed by atoms with E-state index in [9.17, 15) is 9.59 Å². The second-order valence-corrected chi connectivity index (χ2v) is 4.86. The molecule has 0 saturated carbocycles. The van der Waals surface area contributed by atoms with E-state index in [-0.39, 0.29) is 18.1 Å². The smallest absolute Gasteiger partial charge is 0.303 e. The van der Waals surface area contributed by atoms with Gasteiger partial charge in [-0.25, -0.2) is 4.68 Å². The monoisotopic (exact) mass is 281 g/mol. The third kappa shape index (κ3) is 3.57. The Morgan fingerprint density at radius 3 is 3.00 bits per heavy atom. The molecule has 1 fully saturated rings. The zero-order valence-electron chi connectivity index (χ0n) is 11.5. The minimum Gasteiger partial charge on any atom is -0.481 e. The molecule has 7 heteroatoms. The zero-order valence-corrected chi connectivity index (χ0v) is 11.5. The number of anilines is 1. The van der Waals surface area contributed by atoms with Crippen molar-refractivity contribution in [2.75, 3.05) is 25.1 Å². The molecule has 0 spiro atoms. The first-order valence-electron chi connectivity index (χ1n) is 6.67. The van der Waals surface area contributed by atoms with Gasteiger partial charge in [-0.05, 0) is 12.8 Å². The second kappa shape index (κ2) is 6.51. The summed E-state index contributed by atoms with van der Waals surface area (Å²) in [5.41, 5.74) is 0.595. The first-order chi connectivity index (χ1) is 9.60. The molecule has 20 heavy (non-hydrogen) atoms. The first-order valence-corrected chi connectivity index (χ1v) is 6.67. The fourth-order valence-corrected chi connectivity index (χ4v) is 2.30. The molecule has 1 unspecified atom stereocenters. The number of aromatic nitrogens is 2. The van der Waals surface area contributed by atoms with Crippen molar-refractivity contribution in [2.24, 2.45) is 0 Å². The van der Waals surface area contributed by atoms with Gasteiger partial charge in [0, 0.05) is 39.2 Å². The van der Waals surface area contributed by atoms with Crippen molar-refractivity contribution >= 4 is 11.7 Å². The van der Waals surface area contributed by atoms with Gasteiger partial charge in [0.2, 0.25) is 0 Å². The number of aliphatic carboxylic acids is 1. The summed E-state index contributed by atoms with van der Waals surface area (Å²) in [7, 11) is 1.69. The summed E-state index contributed by atoms with van der Waals surface area (Å²) in [5, 5.41) is 12.7. The fraction of sp³-hybridized carbons (Fsp3) is 0.615. The van der Waals surface area contributed by atoms with Crippen molar-refractivity contribution < 1.29 is 14.6 Å². The number of nitrogens with zero attached hydrogens (tertiary/aromatic N) is 3. The van der Waals surface area contributed by atoms with Crippen LogP contribution in [0.3, 0.4) is 0 Å². The Morgan fingerprint density at radius 1 is 1.60 bits per heavy atom. The van der Waals surface area contributed by atoms with Gasteiger partial charge in [0.25, 0.3) is 5.56 Å². The first kappa shape index (κ1) is 14.5. The molecule has 1 aliphatic heterocycles. The van der Waals surface area contributed by atoms with E-state index >= 15 is 0 Å². The van der Waals surface area contributed by atoms with Gasteiger partial charge in [-0.3, -0.25) is 9.59 Å². The maximum absolute atomic E-state index is 11.9. The van der Waals surface area contributed by atoms with Crippen molar-refractivity contribution in [3.8, 4) is 0 Å². The second-order valence-electron chi connectivity index (χ2n) is 4.86. The summed E-state index contributed by atoms with van der Waals surface area (Å²) < 4.78 is 6.59. The number of aryl methyl sites for hydroxylation is 1. The third-order valence-electron chi connectivity index (χ3n) is 3.46. The number of rotatable bonds is 6. The van der Waals surface area contributed by atoms with E-state index in [1.165, 1.54) is 4.68 Å². The van der Waals surface area contributed by atoms with Gasteiger partial charge in [-0.1, -0.05) is 0 Å². The molecule has 1 saturated heterocycles. The van der Waals surface area contributed by atoms with Crippen LogP contribution < -0.4 is 10.5 Å². The quantitative estimate of drug-likeness (QED) is 0.809. The number of methoxy groups -OCH3 is 1. The molecule has 7 nitrogen and oxygen atoms in total. The van der Waals surface area contributed by atoms with Gasteiger partial charge in [0.15, 0.2) is 0 Å². The molecule has 1 atom stereocenters. The number of carbonyl (C=O) groups is 1. The number of hydrogen-bond acceptors (Lipinski definition) is 5. The molecule has 110 valence electrons. The molecular weight excluding hydrogens is 262 g/mol. The minimum absolute atomic E-state index is 0.0392. The largest absolute Gasteiger partial charge is 0.481 e. The highest BCUT2D eigenvalue weighted by Gasteiger charge is 2.22. The molecule has 0 bridgehead atoms. The van der Waals surface area contributed by atoms with Crippen molar-refractivity contribution in [1.29, 1.82) is 0 Å². The molecule has 0 aliphatic carbocycles. The van der Waals surface area contributed by atoms with Crippen LogP contribution in [0.1, 0.15) is 19.3 Å². The number of carboxylic acid groups (broad SMARTS) is 1. The Morgan fingerprint density at radius 2 is 2.40 bits per heavy atom. The van der Waals surface area contributed by atoms with Gasteiger partial charge < -0.3 is 14.7 Å². The molecule has 0 radical (unpaired) electrons. The van der Waals surface area contributed by atoms with Gasteiger partial charge >= 0.3 is 5.97 Å². The van der Waals surface area contributed by atoms with E-state index in [4.69, 9.17) is 9.84 Å². The summed E-state index contributed by atoms with van der Waals surface area (Å²) in [4.78, 5) is 24.4. The van der Waals surface area contributed by atoms with Gasteiger partial charge in [-0.15, -0.1) is 0 Å². The predicted octanol–water partition coefficient (Wildman–Crippen LogP) is 0.333. The van der Waals surface area contributed by atoms with E-state index in [0.717, 1.165) is 25.2 Å². The van der Waals surface area contributed by atoms with Crippen molar-refractivity contribution in [1.82, 2.24) is 9.78 Å². The zero-order chi connectivity index (χ0) is 14.5. The van der Waals surface area contributed by atoms with Crippen molar-refractivity contribution in [3.63, 3.8) is 0 Å². The molecular formula is C13H19N3O4. The molecule has 1 aromatic heterocycles. The average Bonchev–Trinajstić information content (AvgIpc) is 2.89. The molecule has 0 aromatic carbocycles. The highest BCUT2D eigenvalue weighted by molar-refractivity contribution is 5.66. The molecule has 1 aliphatic rings. The van der Waals surface area contributed by atoms with Crippen LogP contribution in [-0.4, -0.2) is 47.2 Å². The van der Waals surface area contributed by atoms with Crippen LogP contribution in [0.5, 0.6) is 0 Å². The Hall–Kier alpha value is -1.89. The standard InChI is InChI=1S/C13H19N3O4/c1-20-11-4-6-15(9-11)10-7-12(17)16(14-8-10)5-2-3-13(18)19/h7-8,11H,2-6,9H2,1H3,(H,18,19). The van der Waals surface area contributed by atoms with Gasteiger partial charge in [0.1, 0.15) is 0 Å². The van der Waals surface area contributed by atoms with E-state index in [1.807, 2.05) is 0 Å².